The van der Waals surface area contributed by atoms with Crippen LogP contribution in [0.15, 0.2) is 33.1 Å². The molecule has 2 aliphatic rings. The average Bonchev–Trinajstić information content (AvgIpc) is 2.65. The summed E-state index contributed by atoms with van der Waals surface area (Å²) in [5, 5.41) is 10.5. The van der Waals surface area contributed by atoms with Gasteiger partial charge in [0.25, 0.3) is 0 Å². The zero-order valence-corrected chi connectivity index (χ0v) is 15.6. The van der Waals surface area contributed by atoms with Crippen molar-refractivity contribution in [3.05, 3.63) is 51.0 Å². The Morgan fingerprint density at radius 2 is 1.92 bits per heavy atom. The Balaban J connectivity index is 1.80. The van der Waals surface area contributed by atoms with Crippen molar-refractivity contribution in [2.45, 2.75) is 64.4 Å². The molecule has 1 aromatic rings. The van der Waals surface area contributed by atoms with E-state index in [0.29, 0.717) is 35.7 Å². The van der Waals surface area contributed by atoms with E-state index < -0.39 is 6.10 Å². The molecule has 0 unspecified atom stereocenters. The third-order valence-electron chi connectivity index (χ3n) is 4.90. The first kappa shape index (κ1) is 18.8. The summed E-state index contributed by atoms with van der Waals surface area (Å²) < 4.78 is 17.0. The number of fused-ring (bicyclic) bond motifs is 1. The number of ether oxygens (including phenoxy) is 2. The quantitative estimate of drug-likeness (QED) is 0.779. The highest BCUT2D eigenvalue weighted by Crippen LogP contribution is 2.35. The Labute approximate surface area is 154 Å². The van der Waals surface area contributed by atoms with Crippen LogP contribution in [0, 0.1) is 0 Å². The predicted molar refractivity (Wildman–Crippen MR) is 99.7 cm³/mol. The van der Waals surface area contributed by atoms with Crippen LogP contribution in [-0.4, -0.2) is 18.3 Å². The van der Waals surface area contributed by atoms with E-state index in [1.807, 2.05) is 6.92 Å². The lowest BCUT2D eigenvalue weighted by Crippen LogP contribution is -2.24. The maximum atomic E-state index is 13.0. The van der Waals surface area contributed by atoms with Crippen LogP contribution in [0.1, 0.15) is 81.3 Å². The maximum absolute atomic E-state index is 13.0. The molecule has 1 aromatic heterocycles. The van der Waals surface area contributed by atoms with Crippen molar-refractivity contribution in [2.75, 3.05) is 13.2 Å². The average molecular weight is 360 g/mol. The fourth-order valence-corrected chi connectivity index (χ4v) is 3.51. The van der Waals surface area contributed by atoms with Gasteiger partial charge in [-0.25, -0.2) is 0 Å². The Bertz CT molecular complexity index is 743. The van der Waals surface area contributed by atoms with Gasteiger partial charge in [0.15, 0.2) is 5.43 Å². The number of hydrogen-bond acceptors (Lipinski definition) is 5. The molecular weight excluding hydrogens is 332 g/mol. The predicted octanol–water partition coefficient (Wildman–Crippen LogP) is 4.42. The maximum Gasteiger partial charge on any atom is 0.194 e. The minimum atomic E-state index is -0.874. The van der Waals surface area contributed by atoms with Crippen LogP contribution in [0.5, 0.6) is 0 Å². The number of rotatable bonds is 7. The van der Waals surface area contributed by atoms with E-state index in [2.05, 4.69) is 13.0 Å². The molecule has 0 aromatic carbocycles. The summed E-state index contributed by atoms with van der Waals surface area (Å²) in [5.74, 6) is 2.22. The Morgan fingerprint density at radius 1 is 1.19 bits per heavy atom. The molecule has 0 aliphatic heterocycles. The first-order chi connectivity index (χ1) is 12.6. The lowest BCUT2D eigenvalue weighted by atomic mass is 9.86. The summed E-state index contributed by atoms with van der Waals surface area (Å²) in [5.41, 5.74) is 0.921. The molecule has 0 saturated carbocycles. The third kappa shape index (κ3) is 4.04. The fourth-order valence-electron chi connectivity index (χ4n) is 3.51. The molecule has 5 heteroatoms. The van der Waals surface area contributed by atoms with E-state index in [4.69, 9.17) is 13.9 Å². The Morgan fingerprint density at radius 3 is 2.58 bits per heavy atom. The lowest BCUT2D eigenvalue weighted by molar-refractivity contribution is 0.126. The minimum absolute atomic E-state index is 0.0964. The second-order valence-corrected chi connectivity index (χ2v) is 6.97. The van der Waals surface area contributed by atoms with E-state index in [1.54, 1.807) is 12.3 Å². The fraction of sp³-hybridized carbons (Fsp3) is 0.571. The molecule has 0 radical (unpaired) electrons. The second-order valence-electron chi connectivity index (χ2n) is 6.97. The molecule has 2 aliphatic carbocycles. The zero-order chi connectivity index (χ0) is 18.5. The van der Waals surface area contributed by atoms with Crippen molar-refractivity contribution >= 4 is 6.08 Å². The van der Waals surface area contributed by atoms with Gasteiger partial charge >= 0.3 is 0 Å². The SMILES string of the molecule is CCCOC1=CC[C@H](c2coc3c(c2=O)[C@@H](O)CC(OCCC)=C3)CC1. The Hall–Kier alpha value is -2.01. The summed E-state index contributed by atoms with van der Waals surface area (Å²) in [6.45, 7) is 5.44. The molecule has 142 valence electrons. The highest BCUT2D eigenvalue weighted by atomic mass is 16.5. The van der Waals surface area contributed by atoms with Crippen LogP contribution in [0.25, 0.3) is 6.08 Å². The van der Waals surface area contributed by atoms with Crippen molar-refractivity contribution in [3.8, 4) is 0 Å². The highest BCUT2D eigenvalue weighted by molar-refractivity contribution is 5.54. The van der Waals surface area contributed by atoms with Gasteiger partial charge in [0, 0.05) is 24.5 Å². The summed E-state index contributed by atoms with van der Waals surface area (Å²) in [6.07, 6.45) is 9.15. The van der Waals surface area contributed by atoms with E-state index >= 15 is 0 Å². The van der Waals surface area contributed by atoms with Crippen molar-refractivity contribution in [3.63, 3.8) is 0 Å². The van der Waals surface area contributed by atoms with E-state index in [-0.39, 0.29) is 11.3 Å². The topological polar surface area (TPSA) is 68.9 Å². The van der Waals surface area contributed by atoms with Gasteiger partial charge in [0.05, 0.1) is 36.9 Å². The summed E-state index contributed by atoms with van der Waals surface area (Å²) in [4.78, 5) is 13.0. The molecule has 0 spiro atoms. The van der Waals surface area contributed by atoms with Gasteiger partial charge in [-0.1, -0.05) is 13.8 Å². The molecule has 2 atom stereocenters. The van der Waals surface area contributed by atoms with Crippen LogP contribution >= 0.6 is 0 Å². The Kier molecular flexibility index (Phi) is 6.20. The molecule has 0 fully saturated rings. The minimum Gasteiger partial charge on any atom is -0.498 e. The molecule has 1 heterocycles. The lowest BCUT2D eigenvalue weighted by Gasteiger charge is -2.24. The van der Waals surface area contributed by atoms with Gasteiger partial charge in [0.2, 0.25) is 0 Å². The number of allylic oxidation sites excluding steroid dienone is 2. The monoisotopic (exact) mass is 360 g/mol. The third-order valence-corrected chi connectivity index (χ3v) is 4.90. The van der Waals surface area contributed by atoms with Gasteiger partial charge in [-0.15, -0.1) is 0 Å². The van der Waals surface area contributed by atoms with Crippen LogP contribution in [0.3, 0.4) is 0 Å². The molecular formula is C21H28O5. The van der Waals surface area contributed by atoms with Gasteiger partial charge < -0.3 is 19.0 Å². The summed E-state index contributed by atoms with van der Waals surface area (Å²) in [6, 6.07) is 0. The van der Waals surface area contributed by atoms with Crippen LogP contribution in [0.2, 0.25) is 0 Å². The summed E-state index contributed by atoms with van der Waals surface area (Å²) >= 11 is 0. The van der Waals surface area contributed by atoms with Gasteiger partial charge in [0.1, 0.15) is 11.5 Å². The van der Waals surface area contributed by atoms with E-state index in [0.717, 1.165) is 44.5 Å². The number of aliphatic hydroxyl groups excluding tert-OH is 1. The molecule has 0 bridgehead atoms. The summed E-state index contributed by atoms with van der Waals surface area (Å²) in [7, 11) is 0. The zero-order valence-electron chi connectivity index (χ0n) is 15.6. The molecule has 26 heavy (non-hydrogen) atoms. The van der Waals surface area contributed by atoms with Crippen molar-refractivity contribution in [2.24, 2.45) is 0 Å². The number of hydrogen-bond donors (Lipinski definition) is 1. The van der Waals surface area contributed by atoms with Crippen LogP contribution < -0.4 is 5.43 Å². The normalized spacial score (nSPS) is 22.3. The van der Waals surface area contributed by atoms with E-state index in [9.17, 15) is 9.90 Å². The second kappa shape index (κ2) is 8.58. The first-order valence-corrected chi connectivity index (χ1v) is 9.62. The van der Waals surface area contributed by atoms with Gasteiger partial charge in [-0.3, -0.25) is 4.79 Å². The van der Waals surface area contributed by atoms with Crippen LogP contribution in [0.4, 0.5) is 0 Å². The van der Waals surface area contributed by atoms with E-state index in [1.165, 1.54) is 0 Å². The van der Waals surface area contributed by atoms with Gasteiger partial charge in [-0.05, 0) is 37.7 Å². The van der Waals surface area contributed by atoms with Gasteiger partial charge in [-0.2, -0.15) is 0 Å². The molecule has 0 amide bonds. The standard InChI is InChI=1S/C21H28O5/c1-3-9-24-15-7-5-14(6-8-15)17-13-26-19-12-16(25-10-4-2)11-18(22)20(19)21(17)23/h7,12-14,18,22H,3-6,8-11H2,1-2H3/t14-,18-/m0/s1. The molecule has 0 saturated heterocycles. The smallest absolute Gasteiger partial charge is 0.194 e. The molecule has 3 rings (SSSR count). The molecule has 5 nitrogen and oxygen atoms in total. The van der Waals surface area contributed by atoms with Crippen molar-refractivity contribution < 1.29 is 19.0 Å². The number of aliphatic hydroxyl groups is 1. The first-order valence-electron chi connectivity index (χ1n) is 9.62. The van der Waals surface area contributed by atoms with Crippen LogP contribution in [-0.2, 0) is 9.47 Å². The highest BCUT2D eigenvalue weighted by Gasteiger charge is 2.29. The van der Waals surface area contributed by atoms with Crippen molar-refractivity contribution in [1.82, 2.24) is 0 Å². The largest absolute Gasteiger partial charge is 0.498 e. The molecule has 1 N–H and O–H groups in total. The van der Waals surface area contributed by atoms with Crippen molar-refractivity contribution in [1.29, 1.82) is 0 Å².